The SMILES string of the molecule is C1CCN(CC2CCN(CC3CNC3)CC2)C1. The van der Waals surface area contributed by atoms with Gasteiger partial charge in [0.15, 0.2) is 0 Å². The second-order valence-electron chi connectivity index (χ2n) is 6.28. The molecule has 3 rings (SSSR count). The van der Waals surface area contributed by atoms with E-state index in [-0.39, 0.29) is 0 Å². The number of hydrogen-bond acceptors (Lipinski definition) is 3. The van der Waals surface area contributed by atoms with Gasteiger partial charge in [-0.15, -0.1) is 0 Å². The maximum atomic E-state index is 3.37. The Bertz CT molecular complexity index is 226. The number of hydrogen-bond donors (Lipinski definition) is 1. The molecule has 0 saturated carbocycles. The van der Waals surface area contributed by atoms with E-state index in [1.54, 1.807) is 0 Å². The van der Waals surface area contributed by atoms with Crippen molar-refractivity contribution in [3.05, 3.63) is 0 Å². The normalized spacial score (nSPS) is 29.6. The predicted molar refractivity (Wildman–Crippen MR) is 71.2 cm³/mol. The van der Waals surface area contributed by atoms with Gasteiger partial charge in [0, 0.05) is 26.2 Å². The third kappa shape index (κ3) is 3.21. The molecule has 0 unspecified atom stereocenters. The fourth-order valence-electron chi connectivity index (χ4n) is 3.52. The number of nitrogens with zero attached hydrogens (tertiary/aromatic N) is 2. The first-order valence-corrected chi connectivity index (χ1v) is 7.55. The second-order valence-corrected chi connectivity index (χ2v) is 6.28. The van der Waals surface area contributed by atoms with E-state index >= 15 is 0 Å². The molecule has 3 saturated heterocycles. The Labute approximate surface area is 106 Å². The van der Waals surface area contributed by atoms with E-state index in [0.717, 1.165) is 11.8 Å². The molecule has 3 heteroatoms. The highest BCUT2D eigenvalue weighted by atomic mass is 15.2. The molecule has 0 aliphatic carbocycles. The van der Waals surface area contributed by atoms with Gasteiger partial charge in [-0.2, -0.15) is 0 Å². The third-order valence-corrected chi connectivity index (χ3v) is 4.80. The summed E-state index contributed by atoms with van der Waals surface area (Å²) in [6.45, 7) is 10.7. The standard InChI is InChI=1S/C14H27N3/c1-2-6-16(5-1)11-13-3-7-17(8-4-13)12-14-9-15-10-14/h13-15H,1-12H2. The fourth-order valence-corrected chi connectivity index (χ4v) is 3.52. The van der Waals surface area contributed by atoms with Gasteiger partial charge in [0.1, 0.15) is 0 Å². The van der Waals surface area contributed by atoms with Crippen molar-refractivity contribution in [1.82, 2.24) is 15.1 Å². The molecule has 1 N–H and O–H groups in total. The number of likely N-dealkylation sites (tertiary alicyclic amines) is 2. The lowest BCUT2D eigenvalue weighted by Gasteiger charge is -2.38. The van der Waals surface area contributed by atoms with Crippen LogP contribution in [0, 0.1) is 11.8 Å². The lowest BCUT2D eigenvalue weighted by atomic mass is 9.94. The maximum absolute atomic E-state index is 3.37. The van der Waals surface area contributed by atoms with Crippen LogP contribution in [0.15, 0.2) is 0 Å². The number of rotatable bonds is 4. The monoisotopic (exact) mass is 237 g/mol. The van der Waals surface area contributed by atoms with Gasteiger partial charge in [0.2, 0.25) is 0 Å². The van der Waals surface area contributed by atoms with Crippen molar-refractivity contribution in [2.24, 2.45) is 11.8 Å². The minimum atomic E-state index is 0.949. The smallest absolute Gasteiger partial charge is 0.00340 e. The highest BCUT2D eigenvalue weighted by Gasteiger charge is 2.25. The van der Waals surface area contributed by atoms with Gasteiger partial charge in [-0.1, -0.05) is 0 Å². The van der Waals surface area contributed by atoms with E-state index in [1.807, 2.05) is 0 Å². The Morgan fingerprint density at radius 3 is 1.94 bits per heavy atom. The lowest BCUT2D eigenvalue weighted by molar-refractivity contribution is 0.124. The quantitative estimate of drug-likeness (QED) is 0.787. The molecule has 0 aromatic carbocycles. The molecular weight excluding hydrogens is 210 g/mol. The van der Waals surface area contributed by atoms with E-state index < -0.39 is 0 Å². The van der Waals surface area contributed by atoms with Gasteiger partial charge in [0.05, 0.1) is 0 Å². The van der Waals surface area contributed by atoms with E-state index in [0.29, 0.717) is 0 Å². The van der Waals surface area contributed by atoms with Crippen molar-refractivity contribution in [3.8, 4) is 0 Å². The van der Waals surface area contributed by atoms with Crippen LogP contribution in [0.25, 0.3) is 0 Å². The molecule has 3 aliphatic heterocycles. The molecule has 0 aromatic heterocycles. The molecule has 0 atom stereocenters. The first kappa shape index (κ1) is 11.9. The molecule has 3 aliphatic rings. The molecule has 3 heterocycles. The summed E-state index contributed by atoms with van der Waals surface area (Å²) in [7, 11) is 0. The highest BCUT2D eigenvalue weighted by molar-refractivity contribution is 4.82. The molecule has 0 spiro atoms. The Morgan fingerprint density at radius 2 is 1.35 bits per heavy atom. The minimum absolute atomic E-state index is 0.949. The van der Waals surface area contributed by atoms with Crippen LogP contribution < -0.4 is 5.32 Å². The van der Waals surface area contributed by atoms with Crippen molar-refractivity contribution in [2.75, 3.05) is 52.4 Å². The zero-order valence-corrected chi connectivity index (χ0v) is 11.0. The Hall–Kier alpha value is -0.120. The van der Waals surface area contributed by atoms with Crippen molar-refractivity contribution in [1.29, 1.82) is 0 Å². The third-order valence-electron chi connectivity index (χ3n) is 4.80. The molecular formula is C14H27N3. The average Bonchev–Trinajstić information content (AvgIpc) is 2.78. The molecule has 3 nitrogen and oxygen atoms in total. The van der Waals surface area contributed by atoms with Crippen LogP contribution in [0.3, 0.4) is 0 Å². The fraction of sp³-hybridized carbons (Fsp3) is 1.00. The highest BCUT2D eigenvalue weighted by Crippen LogP contribution is 2.21. The number of nitrogens with one attached hydrogen (secondary N) is 1. The second kappa shape index (κ2) is 5.68. The first-order valence-electron chi connectivity index (χ1n) is 7.55. The van der Waals surface area contributed by atoms with Gasteiger partial charge < -0.3 is 15.1 Å². The van der Waals surface area contributed by atoms with Crippen LogP contribution >= 0.6 is 0 Å². The molecule has 3 fully saturated rings. The van der Waals surface area contributed by atoms with E-state index in [4.69, 9.17) is 0 Å². The predicted octanol–water partition coefficient (Wildman–Crippen LogP) is 1.01. The van der Waals surface area contributed by atoms with E-state index in [1.165, 1.54) is 78.0 Å². The van der Waals surface area contributed by atoms with Gasteiger partial charge in [-0.05, 0) is 63.7 Å². The van der Waals surface area contributed by atoms with Crippen molar-refractivity contribution < 1.29 is 0 Å². The largest absolute Gasteiger partial charge is 0.316 e. The average molecular weight is 237 g/mol. The van der Waals surface area contributed by atoms with Crippen molar-refractivity contribution in [2.45, 2.75) is 25.7 Å². The summed E-state index contributed by atoms with van der Waals surface area (Å²) in [4.78, 5) is 5.39. The van der Waals surface area contributed by atoms with Crippen LogP contribution in [0.4, 0.5) is 0 Å². The van der Waals surface area contributed by atoms with Crippen LogP contribution in [0.5, 0.6) is 0 Å². The maximum Gasteiger partial charge on any atom is 0.00340 e. The van der Waals surface area contributed by atoms with Gasteiger partial charge in [-0.3, -0.25) is 0 Å². The zero-order valence-electron chi connectivity index (χ0n) is 11.0. The van der Waals surface area contributed by atoms with Crippen LogP contribution in [-0.2, 0) is 0 Å². The zero-order chi connectivity index (χ0) is 11.5. The topological polar surface area (TPSA) is 18.5 Å². The first-order chi connectivity index (χ1) is 8.40. The minimum Gasteiger partial charge on any atom is -0.316 e. The Morgan fingerprint density at radius 1 is 0.765 bits per heavy atom. The van der Waals surface area contributed by atoms with Gasteiger partial charge in [-0.25, -0.2) is 0 Å². The summed E-state index contributed by atoms with van der Waals surface area (Å²) in [6.07, 6.45) is 5.76. The molecule has 0 radical (unpaired) electrons. The molecule has 0 amide bonds. The Balaban J connectivity index is 1.34. The summed E-state index contributed by atoms with van der Waals surface area (Å²) in [5.74, 6) is 1.94. The van der Waals surface area contributed by atoms with Crippen LogP contribution in [0.2, 0.25) is 0 Å². The summed E-state index contributed by atoms with van der Waals surface area (Å²) in [6, 6.07) is 0. The van der Waals surface area contributed by atoms with Gasteiger partial charge >= 0.3 is 0 Å². The Kier molecular flexibility index (Phi) is 3.99. The summed E-state index contributed by atoms with van der Waals surface area (Å²) >= 11 is 0. The van der Waals surface area contributed by atoms with E-state index in [2.05, 4.69) is 15.1 Å². The van der Waals surface area contributed by atoms with Crippen molar-refractivity contribution in [3.63, 3.8) is 0 Å². The summed E-state index contributed by atoms with van der Waals surface area (Å²) in [5.41, 5.74) is 0. The number of piperidine rings is 1. The van der Waals surface area contributed by atoms with Crippen molar-refractivity contribution >= 4 is 0 Å². The summed E-state index contributed by atoms with van der Waals surface area (Å²) in [5, 5.41) is 3.37. The summed E-state index contributed by atoms with van der Waals surface area (Å²) < 4.78 is 0. The van der Waals surface area contributed by atoms with Crippen LogP contribution in [-0.4, -0.2) is 62.2 Å². The lowest BCUT2D eigenvalue weighted by Crippen LogP contribution is -2.50. The van der Waals surface area contributed by atoms with Crippen LogP contribution in [0.1, 0.15) is 25.7 Å². The molecule has 0 bridgehead atoms. The van der Waals surface area contributed by atoms with Gasteiger partial charge in [0.25, 0.3) is 0 Å². The van der Waals surface area contributed by atoms with E-state index in [9.17, 15) is 0 Å². The molecule has 98 valence electrons. The molecule has 17 heavy (non-hydrogen) atoms. The molecule has 0 aromatic rings.